The summed E-state index contributed by atoms with van der Waals surface area (Å²) in [6.07, 6.45) is 1.53. The van der Waals surface area contributed by atoms with Gasteiger partial charge in [-0.25, -0.2) is 13.4 Å². The number of hydrogen-bond acceptors (Lipinski definition) is 5. The number of anilines is 1. The van der Waals surface area contributed by atoms with Gasteiger partial charge in [0.25, 0.3) is 0 Å². The minimum Gasteiger partial charge on any atom is -0.301 e. The summed E-state index contributed by atoms with van der Waals surface area (Å²) >= 11 is 6.97. The summed E-state index contributed by atoms with van der Waals surface area (Å²) in [7, 11) is -3.85. The van der Waals surface area contributed by atoms with Crippen LogP contribution in [0.5, 0.6) is 0 Å². The van der Waals surface area contributed by atoms with Crippen molar-refractivity contribution in [3.05, 3.63) is 40.9 Å². The number of carbonyl (C=O) groups excluding carboxylic acids is 1. The van der Waals surface area contributed by atoms with Crippen molar-refractivity contribution in [1.82, 2.24) is 4.98 Å². The topological polar surface area (TPSA) is 76.1 Å². The van der Waals surface area contributed by atoms with Crippen molar-refractivity contribution < 1.29 is 13.2 Å². The van der Waals surface area contributed by atoms with Gasteiger partial charge in [0.2, 0.25) is 5.91 Å². The van der Waals surface area contributed by atoms with E-state index in [-0.39, 0.29) is 4.90 Å². The Balaban J connectivity index is 2.32. The lowest BCUT2D eigenvalue weighted by atomic mass is 10.2. The number of hydrogen-bond donors (Lipinski definition) is 1. The van der Waals surface area contributed by atoms with Crippen LogP contribution < -0.4 is 5.32 Å². The predicted molar refractivity (Wildman–Crippen MR) is 83.5 cm³/mol. The van der Waals surface area contributed by atoms with E-state index in [1.807, 2.05) is 0 Å². The van der Waals surface area contributed by atoms with E-state index in [0.717, 1.165) is 0 Å². The molecule has 21 heavy (non-hydrogen) atoms. The molecule has 1 aromatic carbocycles. The largest absolute Gasteiger partial charge is 0.301 e. The number of aromatic nitrogens is 1. The molecule has 112 valence electrons. The van der Waals surface area contributed by atoms with Crippen molar-refractivity contribution in [2.45, 2.75) is 23.5 Å². The Labute approximate surface area is 131 Å². The number of nitrogens with zero attached hydrogens (tertiary/aromatic N) is 1. The normalized spacial score (nSPS) is 12.1. The Morgan fingerprint density at radius 3 is 2.43 bits per heavy atom. The lowest BCUT2D eigenvalue weighted by Gasteiger charge is -2.23. The molecule has 0 radical (unpaired) electrons. The van der Waals surface area contributed by atoms with E-state index in [0.29, 0.717) is 10.2 Å². The monoisotopic (exact) mass is 344 g/mol. The summed E-state index contributed by atoms with van der Waals surface area (Å²) in [5.74, 6) is -0.632. The smallest absolute Gasteiger partial charge is 0.247 e. The Bertz CT molecular complexity index is 738. The van der Waals surface area contributed by atoms with Gasteiger partial charge >= 0.3 is 0 Å². The highest BCUT2D eigenvalue weighted by Crippen LogP contribution is 2.28. The van der Waals surface area contributed by atoms with E-state index in [1.54, 1.807) is 5.38 Å². The number of nitrogens with one attached hydrogen (secondary N) is 1. The second kappa shape index (κ2) is 5.75. The molecule has 8 heteroatoms. The number of halogens is 1. The first-order valence-corrected chi connectivity index (χ1v) is 8.70. The summed E-state index contributed by atoms with van der Waals surface area (Å²) in [4.78, 5) is 16.2. The van der Waals surface area contributed by atoms with E-state index in [1.165, 1.54) is 55.6 Å². The molecular weight excluding hydrogens is 332 g/mol. The SMILES string of the molecule is CC(C)(C(=O)Nc1nccs1)S(=O)(=O)c1ccc(Cl)cc1. The molecule has 2 rings (SSSR count). The molecule has 2 aromatic rings. The van der Waals surface area contributed by atoms with Crippen molar-refractivity contribution in [3.63, 3.8) is 0 Å². The van der Waals surface area contributed by atoms with Gasteiger partial charge in [0, 0.05) is 16.6 Å². The van der Waals surface area contributed by atoms with Crippen LogP contribution in [0.4, 0.5) is 5.13 Å². The first-order chi connectivity index (χ1) is 9.75. The lowest BCUT2D eigenvalue weighted by Crippen LogP contribution is -2.44. The Kier molecular flexibility index (Phi) is 4.36. The zero-order valence-electron chi connectivity index (χ0n) is 11.3. The molecule has 0 fully saturated rings. The molecule has 0 aliphatic carbocycles. The fourth-order valence-corrected chi connectivity index (χ4v) is 3.59. The van der Waals surface area contributed by atoms with E-state index < -0.39 is 20.5 Å². The highest BCUT2D eigenvalue weighted by Gasteiger charge is 2.43. The van der Waals surface area contributed by atoms with Gasteiger partial charge in [-0.3, -0.25) is 4.79 Å². The summed E-state index contributed by atoms with van der Waals surface area (Å²) < 4.78 is 23.6. The molecule has 5 nitrogen and oxygen atoms in total. The van der Waals surface area contributed by atoms with Crippen LogP contribution in [0, 0.1) is 0 Å². The standard InChI is InChI=1S/C13H13ClN2O3S2/c1-13(2,11(17)16-12-15-7-8-20-12)21(18,19)10-5-3-9(14)4-6-10/h3-8H,1-2H3,(H,15,16,17). The highest BCUT2D eigenvalue weighted by molar-refractivity contribution is 7.93. The quantitative estimate of drug-likeness (QED) is 0.925. The maximum absolute atomic E-state index is 12.6. The summed E-state index contributed by atoms with van der Waals surface area (Å²) in [6.45, 7) is 2.72. The Hall–Kier alpha value is -1.44. The summed E-state index contributed by atoms with van der Waals surface area (Å²) in [5.41, 5.74) is 0. The molecule has 1 N–H and O–H groups in total. The van der Waals surface area contributed by atoms with Crippen LogP contribution in [0.25, 0.3) is 0 Å². The van der Waals surface area contributed by atoms with Crippen LogP contribution in [0.2, 0.25) is 5.02 Å². The van der Waals surface area contributed by atoms with E-state index in [4.69, 9.17) is 11.6 Å². The van der Waals surface area contributed by atoms with Gasteiger partial charge in [-0.15, -0.1) is 11.3 Å². The van der Waals surface area contributed by atoms with Crippen molar-refractivity contribution in [2.24, 2.45) is 0 Å². The molecule has 0 saturated heterocycles. The average molecular weight is 345 g/mol. The van der Waals surface area contributed by atoms with Gasteiger partial charge < -0.3 is 5.32 Å². The molecule has 0 unspecified atom stereocenters. The van der Waals surface area contributed by atoms with Crippen LogP contribution >= 0.6 is 22.9 Å². The first kappa shape index (κ1) is 15.9. The molecule has 0 atom stereocenters. The van der Waals surface area contributed by atoms with Gasteiger partial charge in [0.15, 0.2) is 15.0 Å². The molecule has 0 bridgehead atoms. The van der Waals surface area contributed by atoms with Crippen molar-refractivity contribution in [1.29, 1.82) is 0 Å². The number of carbonyl (C=O) groups is 1. The van der Waals surface area contributed by atoms with Gasteiger partial charge in [-0.2, -0.15) is 0 Å². The van der Waals surface area contributed by atoms with Crippen LogP contribution in [0.15, 0.2) is 40.7 Å². The number of amides is 1. The van der Waals surface area contributed by atoms with Crippen LogP contribution in [-0.4, -0.2) is 24.1 Å². The van der Waals surface area contributed by atoms with Crippen molar-refractivity contribution in [3.8, 4) is 0 Å². The maximum atomic E-state index is 12.6. The van der Waals surface area contributed by atoms with Gasteiger partial charge in [-0.05, 0) is 38.1 Å². The zero-order valence-corrected chi connectivity index (χ0v) is 13.7. The fraction of sp³-hybridized carbons (Fsp3) is 0.231. The summed E-state index contributed by atoms with van der Waals surface area (Å²) in [6, 6.07) is 5.72. The number of rotatable bonds is 4. The number of thiazole rings is 1. The van der Waals surface area contributed by atoms with Crippen LogP contribution in [0.1, 0.15) is 13.8 Å². The Morgan fingerprint density at radius 2 is 1.90 bits per heavy atom. The molecule has 1 heterocycles. The van der Waals surface area contributed by atoms with E-state index in [9.17, 15) is 13.2 Å². The molecule has 1 amide bonds. The third-order valence-corrected chi connectivity index (χ3v) is 6.36. The molecule has 0 saturated carbocycles. The van der Waals surface area contributed by atoms with Gasteiger partial charge in [0.05, 0.1) is 4.90 Å². The lowest BCUT2D eigenvalue weighted by molar-refractivity contribution is -0.117. The summed E-state index contributed by atoms with van der Waals surface area (Å²) in [5, 5.41) is 4.99. The van der Waals surface area contributed by atoms with E-state index >= 15 is 0 Å². The second-order valence-corrected chi connectivity index (χ2v) is 8.59. The van der Waals surface area contributed by atoms with Gasteiger partial charge in [-0.1, -0.05) is 11.6 Å². The Morgan fingerprint density at radius 1 is 1.29 bits per heavy atom. The highest BCUT2D eigenvalue weighted by atomic mass is 35.5. The third kappa shape index (κ3) is 3.09. The number of sulfone groups is 1. The molecule has 0 spiro atoms. The van der Waals surface area contributed by atoms with Crippen LogP contribution in [0.3, 0.4) is 0 Å². The first-order valence-electron chi connectivity index (χ1n) is 5.96. The molecule has 1 aromatic heterocycles. The maximum Gasteiger partial charge on any atom is 0.247 e. The molecule has 0 aliphatic rings. The molecular formula is C13H13ClN2O3S2. The predicted octanol–water partition coefficient (Wildman–Crippen LogP) is 2.99. The molecule has 0 aliphatic heterocycles. The van der Waals surface area contributed by atoms with Crippen molar-refractivity contribution in [2.75, 3.05) is 5.32 Å². The third-order valence-electron chi connectivity index (χ3n) is 3.00. The van der Waals surface area contributed by atoms with Gasteiger partial charge in [0.1, 0.15) is 4.75 Å². The van der Waals surface area contributed by atoms with E-state index in [2.05, 4.69) is 10.3 Å². The fourth-order valence-electron chi connectivity index (χ4n) is 1.56. The number of benzene rings is 1. The van der Waals surface area contributed by atoms with Crippen LogP contribution in [-0.2, 0) is 14.6 Å². The second-order valence-electron chi connectivity index (χ2n) is 4.76. The average Bonchev–Trinajstić information content (AvgIpc) is 2.91. The minimum atomic E-state index is -3.85. The minimum absolute atomic E-state index is 0.0474. The van der Waals surface area contributed by atoms with Crippen molar-refractivity contribution >= 4 is 43.8 Å². The zero-order chi connectivity index (χ0) is 15.7.